The summed E-state index contributed by atoms with van der Waals surface area (Å²) in [6.07, 6.45) is 2.95. The Morgan fingerprint density at radius 3 is 2.58 bits per heavy atom. The van der Waals surface area contributed by atoms with Gasteiger partial charge < -0.3 is 14.6 Å². The number of sulfonamides is 1. The third kappa shape index (κ3) is 4.60. The van der Waals surface area contributed by atoms with Crippen molar-refractivity contribution in [1.29, 1.82) is 0 Å². The number of hydrogen-bond donors (Lipinski definition) is 2. The number of carbonyl (C=O) groups is 1. The first-order valence-corrected chi connectivity index (χ1v) is 11.8. The summed E-state index contributed by atoms with van der Waals surface area (Å²) in [5, 5.41) is 2.66. The van der Waals surface area contributed by atoms with Crippen molar-refractivity contribution in [2.24, 2.45) is 14.1 Å². The Morgan fingerprint density at radius 2 is 1.91 bits per heavy atom. The van der Waals surface area contributed by atoms with E-state index < -0.39 is 27.2 Å². The topological polar surface area (TPSA) is 146 Å². The lowest BCUT2D eigenvalue weighted by molar-refractivity contribution is -0.116. The van der Waals surface area contributed by atoms with E-state index in [4.69, 9.17) is 4.74 Å². The average Bonchev–Trinajstić information content (AvgIpc) is 3.45. The number of aromatic nitrogens is 4. The van der Waals surface area contributed by atoms with Crippen LogP contribution in [0.4, 0.5) is 5.69 Å². The molecule has 2 aromatic heterocycles. The summed E-state index contributed by atoms with van der Waals surface area (Å²) in [6.45, 7) is 0.639. The number of aryl methyl sites for hydroxylation is 1. The van der Waals surface area contributed by atoms with E-state index in [1.54, 1.807) is 0 Å². The van der Waals surface area contributed by atoms with Crippen LogP contribution < -0.4 is 21.3 Å². The molecule has 1 aliphatic rings. The van der Waals surface area contributed by atoms with Gasteiger partial charge in [0.2, 0.25) is 15.9 Å². The highest BCUT2D eigenvalue weighted by Crippen LogP contribution is 2.16. The zero-order valence-electron chi connectivity index (χ0n) is 18.1. The summed E-state index contributed by atoms with van der Waals surface area (Å²) in [6, 6.07) is 5.75. The van der Waals surface area contributed by atoms with Crippen LogP contribution in [0, 0.1) is 0 Å². The Labute approximate surface area is 188 Å². The zero-order valence-corrected chi connectivity index (χ0v) is 19.0. The first-order valence-electron chi connectivity index (χ1n) is 10.3. The summed E-state index contributed by atoms with van der Waals surface area (Å²) in [7, 11) is -0.848. The van der Waals surface area contributed by atoms with Crippen LogP contribution in [0.1, 0.15) is 12.8 Å². The van der Waals surface area contributed by atoms with Crippen molar-refractivity contribution in [3.05, 3.63) is 51.4 Å². The molecular weight excluding hydrogens is 452 g/mol. The third-order valence-electron chi connectivity index (χ3n) is 5.50. The van der Waals surface area contributed by atoms with E-state index in [0.29, 0.717) is 12.3 Å². The number of ether oxygens (including phenoxy) is 1. The first-order chi connectivity index (χ1) is 15.7. The van der Waals surface area contributed by atoms with E-state index in [2.05, 4.69) is 15.0 Å². The van der Waals surface area contributed by atoms with E-state index in [-0.39, 0.29) is 35.3 Å². The smallest absolute Gasteiger partial charge is 0.332 e. The van der Waals surface area contributed by atoms with Gasteiger partial charge in [-0.2, -0.15) is 0 Å². The molecule has 0 bridgehead atoms. The average molecular weight is 477 g/mol. The lowest BCUT2D eigenvalue weighted by Gasteiger charge is -2.12. The summed E-state index contributed by atoms with van der Waals surface area (Å²) in [5.74, 6) is -0.447. The molecular formula is C20H24N6O6S. The van der Waals surface area contributed by atoms with Crippen LogP contribution >= 0.6 is 0 Å². The molecule has 12 nitrogen and oxygen atoms in total. The number of benzene rings is 1. The highest BCUT2D eigenvalue weighted by molar-refractivity contribution is 7.89. The van der Waals surface area contributed by atoms with Crippen molar-refractivity contribution < 1.29 is 17.9 Å². The second-order valence-electron chi connectivity index (χ2n) is 7.81. The number of hydrogen-bond acceptors (Lipinski definition) is 7. The minimum absolute atomic E-state index is 0.0727. The van der Waals surface area contributed by atoms with E-state index in [1.807, 2.05) is 0 Å². The first kappa shape index (κ1) is 22.9. The molecule has 3 aromatic rings. The number of rotatable bonds is 7. The Morgan fingerprint density at radius 1 is 1.18 bits per heavy atom. The second kappa shape index (κ2) is 8.92. The van der Waals surface area contributed by atoms with Crippen molar-refractivity contribution >= 4 is 32.8 Å². The molecule has 33 heavy (non-hydrogen) atoms. The van der Waals surface area contributed by atoms with Crippen LogP contribution in [0.25, 0.3) is 11.2 Å². The molecule has 0 aliphatic carbocycles. The molecule has 2 N–H and O–H groups in total. The fourth-order valence-electron chi connectivity index (χ4n) is 3.68. The van der Waals surface area contributed by atoms with E-state index in [1.165, 1.54) is 53.8 Å². The number of amides is 1. The fraction of sp³-hybridized carbons (Fsp3) is 0.400. The number of nitrogens with one attached hydrogen (secondary N) is 2. The molecule has 1 amide bonds. The predicted octanol–water partition coefficient (Wildman–Crippen LogP) is -0.470. The highest BCUT2D eigenvalue weighted by Gasteiger charge is 2.20. The lowest BCUT2D eigenvalue weighted by Crippen LogP contribution is -2.37. The molecule has 4 rings (SSSR count). The molecule has 1 unspecified atom stereocenters. The van der Waals surface area contributed by atoms with Crippen molar-refractivity contribution in [3.63, 3.8) is 0 Å². The standard InChI is InChI=1S/C20H24N6O6S/c1-24-18-17(19(28)25(2)20(24)29)26(12-21-18)11-16(27)23-13-5-7-15(8-6-13)33(30,31)22-10-14-4-3-9-32-14/h5-8,12,14,22H,3-4,9-11H2,1-2H3,(H,23,27). The van der Waals surface area contributed by atoms with E-state index >= 15 is 0 Å². The van der Waals surface area contributed by atoms with Crippen LogP contribution in [0.2, 0.25) is 0 Å². The Balaban J connectivity index is 1.44. The second-order valence-corrected chi connectivity index (χ2v) is 9.58. The third-order valence-corrected chi connectivity index (χ3v) is 6.94. The summed E-state index contributed by atoms with van der Waals surface area (Å²) >= 11 is 0. The number of imidazole rings is 1. The van der Waals surface area contributed by atoms with Crippen LogP contribution in [-0.4, -0.2) is 52.3 Å². The van der Waals surface area contributed by atoms with Crippen molar-refractivity contribution in [2.75, 3.05) is 18.5 Å². The van der Waals surface area contributed by atoms with Crippen molar-refractivity contribution in [2.45, 2.75) is 30.4 Å². The molecule has 1 aromatic carbocycles. The van der Waals surface area contributed by atoms with Gasteiger partial charge in [-0.15, -0.1) is 0 Å². The Bertz CT molecular complexity index is 1410. The SMILES string of the molecule is Cn1c(=O)c2c(ncn2CC(=O)Nc2ccc(S(=O)(=O)NCC3CCCO3)cc2)n(C)c1=O. The number of nitrogens with zero attached hydrogens (tertiary/aromatic N) is 4. The maximum absolute atomic E-state index is 12.5. The molecule has 0 spiro atoms. The summed E-state index contributed by atoms with van der Waals surface area (Å²) < 4.78 is 36.4. The molecule has 3 heterocycles. The molecule has 0 saturated carbocycles. The van der Waals surface area contributed by atoms with Gasteiger partial charge in [-0.25, -0.2) is 22.9 Å². The molecule has 1 fully saturated rings. The van der Waals surface area contributed by atoms with Gasteiger partial charge >= 0.3 is 5.69 Å². The largest absolute Gasteiger partial charge is 0.377 e. The quantitative estimate of drug-likeness (QED) is 0.469. The zero-order chi connectivity index (χ0) is 23.8. The molecule has 176 valence electrons. The Hall–Kier alpha value is -3.29. The number of anilines is 1. The molecule has 0 radical (unpaired) electrons. The molecule has 1 saturated heterocycles. The van der Waals surface area contributed by atoms with Gasteiger partial charge in [0.15, 0.2) is 11.2 Å². The number of fused-ring (bicyclic) bond motifs is 1. The van der Waals surface area contributed by atoms with Gasteiger partial charge in [0.05, 0.1) is 17.3 Å². The summed E-state index contributed by atoms with van der Waals surface area (Å²) in [5.41, 5.74) is -0.358. The van der Waals surface area contributed by atoms with Crippen molar-refractivity contribution in [3.8, 4) is 0 Å². The monoisotopic (exact) mass is 476 g/mol. The minimum Gasteiger partial charge on any atom is -0.377 e. The van der Waals surface area contributed by atoms with Gasteiger partial charge in [-0.1, -0.05) is 0 Å². The van der Waals surface area contributed by atoms with Gasteiger partial charge in [-0.05, 0) is 37.1 Å². The van der Waals surface area contributed by atoms with Gasteiger partial charge in [0.1, 0.15) is 6.54 Å². The van der Waals surface area contributed by atoms with Crippen LogP contribution in [-0.2, 0) is 40.2 Å². The van der Waals surface area contributed by atoms with Gasteiger partial charge in [0, 0.05) is 32.9 Å². The fourth-order valence-corrected chi connectivity index (χ4v) is 4.75. The molecule has 1 atom stereocenters. The minimum atomic E-state index is -3.69. The maximum Gasteiger partial charge on any atom is 0.332 e. The van der Waals surface area contributed by atoms with Crippen LogP contribution in [0.5, 0.6) is 0 Å². The molecule has 13 heteroatoms. The Kier molecular flexibility index (Phi) is 6.19. The normalized spacial score (nSPS) is 16.4. The predicted molar refractivity (Wildman–Crippen MR) is 119 cm³/mol. The lowest BCUT2D eigenvalue weighted by atomic mass is 10.2. The summed E-state index contributed by atoms with van der Waals surface area (Å²) in [4.78, 5) is 41.2. The van der Waals surface area contributed by atoms with Gasteiger partial charge in [-0.3, -0.25) is 18.7 Å². The van der Waals surface area contributed by atoms with Crippen LogP contribution in [0.15, 0.2) is 45.1 Å². The van der Waals surface area contributed by atoms with Crippen LogP contribution in [0.3, 0.4) is 0 Å². The number of carbonyl (C=O) groups excluding carboxylic acids is 1. The maximum atomic E-state index is 12.5. The highest BCUT2D eigenvalue weighted by atomic mass is 32.2. The molecule has 1 aliphatic heterocycles. The van der Waals surface area contributed by atoms with Gasteiger partial charge in [0.25, 0.3) is 5.56 Å². The van der Waals surface area contributed by atoms with Crippen molar-refractivity contribution in [1.82, 2.24) is 23.4 Å². The van der Waals surface area contributed by atoms with E-state index in [9.17, 15) is 22.8 Å². The van der Waals surface area contributed by atoms with E-state index in [0.717, 1.165) is 17.4 Å².